The first-order chi connectivity index (χ1) is 19.9. The van der Waals surface area contributed by atoms with Crippen molar-refractivity contribution in [3.63, 3.8) is 0 Å². The maximum Gasteiger partial charge on any atom is 0.272 e. The van der Waals surface area contributed by atoms with Crippen LogP contribution in [0, 0.1) is 17.6 Å². The number of piperidine rings is 2. The van der Waals surface area contributed by atoms with Crippen molar-refractivity contribution in [3.05, 3.63) is 89.2 Å². The third-order valence-electron chi connectivity index (χ3n) is 7.97. The number of aromatic nitrogens is 1. The van der Waals surface area contributed by atoms with Gasteiger partial charge in [-0.15, -0.1) is 0 Å². The largest absolute Gasteiger partial charge is 0.497 e. The number of nitrogens with zero attached hydrogens (tertiary/aromatic N) is 3. The van der Waals surface area contributed by atoms with Gasteiger partial charge in [-0.25, -0.2) is 8.78 Å². The Kier molecular flexibility index (Phi) is 9.24. The van der Waals surface area contributed by atoms with Crippen LogP contribution >= 0.6 is 0 Å². The number of ether oxygens (including phenoxy) is 2. The van der Waals surface area contributed by atoms with Gasteiger partial charge in [0.15, 0.2) is 17.3 Å². The molecule has 0 bridgehead atoms. The topological polar surface area (TPSA) is 72.0 Å². The van der Waals surface area contributed by atoms with Crippen molar-refractivity contribution in [2.75, 3.05) is 33.3 Å². The first-order valence-corrected chi connectivity index (χ1v) is 14.1. The standard InChI is InChI=1S/C32H35F2N3O4/c1-40-26-6-2-23(3-7-26)21-36-14-10-22(11-15-36)18-30(38)24-4-8-29(35-20-24)32(39)37-16-12-27(13-17-37)41-31-9-5-25(33)19-28(31)34/h2-9,19-20,22,27H,10-18,21H2,1H3. The Hall–Kier alpha value is -3.85. The molecule has 0 atom stereocenters. The Balaban J connectivity index is 1.05. The van der Waals surface area contributed by atoms with Crippen LogP contribution in [0.15, 0.2) is 60.8 Å². The maximum atomic E-state index is 13.9. The van der Waals surface area contributed by atoms with Crippen molar-refractivity contribution < 1.29 is 27.8 Å². The van der Waals surface area contributed by atoms with Crippen LogP contribution in [-0.2, 0) is 6.54 Å². The molecular weight excluding hydrogens is 528 g/mol. The van der Waals surface area contributed by atoms with Gasteiger partial charge in [0.1, 0.15) is 23.4 Å². The second-order valence-corrected chi connectivity index (χ2v) is 10.8. The molecule has 0 radical (unpaired) electrons. The molecule has 0 unspecified atom stereocenters. The van der Waals surface area contributed by atoms with Crippen molar-refractivity contribution in [3.8, 4) is 11.5 Å². The third kappa shape index (κ3) is 7.47. The van der Waals surface area contributed by atoms with Crippen LogP contribution in [0.2, 0.25) is 0 Å². The summed E-state index contributed by atoms with van der Waals surface area (Å²) in [6, 6.07) is 14.7. The van der Waals surface area contributed by atoms with Gasteiger partial charge in [0, 0.05) is 56.7 Å². The van der Waals surface area contributed by atoms with Crippen LogP contribution in [0.3, 0.4) is 0 Å². The van der Waals surface area contributed by atoms with E-state index in [0.717, 1.165) is 50.4 Å². The Labute approximate surface area is 239 Å². The fraction of sp³-hybridized carbons (Fsp3) is 0.406. The normalized spacial score (nSPS) is 16.9. The Morgan fingerprint density at radius 2 is 1.66 bits per heavy atom. The molecule has 0 aliphatic carbocycles. The highest BCUT2D eigenvalue weighted by Gasteiger charge is 2.27. The van der Waals surface area contributed by atoms with Gasteiger partial charge in [-0.3, -0.25) is 19.5 Å². The smallest absolute Gasteiger partial charge is 0.272 e. The van der Waals surface area contributed by atoms with Crippen LogP contribution in [0.25, 0.3) is 0 Å². The number of carbonyl (C=O) groups is 2. The van der Waals surface area contributed by atoms with E-state index in [1.54, 1.807) is 24.1 Å². The van der Waals surface area contributed by atoms with Gasteiger partial charge in [0.05, 0.1) is 7.11 Å². The zero-order chi connectivity index (χ0) is 28.8. The van der Waals surface area contributed by atoms with Gasteiger partial charge in [0.2, 0.25) is 0 Å². The monoisotopic (exact) mass is 563 g/mol. The molecule has 3 heterocycles. The Bertz CT molecular complexity index is 1330. The minimum atomic E-state index is -0.738. The van der Waals surface area contributed by atoms with E-state index in [0.29, 0.717) is 43.8 Å². The molecule has 0 spiro atoms. The summed E-state index contributed by atoms with van der Waals surface area (Å²) in [4.78, 5) is 34.3. The lowest BCUT2D eigenvalue weighted by molar-refractivity contribution is 0.0582. The number of ketones is 1. The fourth-order valence-electron chi connectivity index (χ4n) is 5.49. The number of carbonyl (C=O) groups excluding carboxylic acids is 2. The molecule has 5 rings (SSSR count). The molecule has 3 aromatic rings. The molecule has 1 amide bonds. The zero-order valence-electron chi connectivity index (χ0n) is 23.2. The first kappa shape index (κ1) is 28.7. The quantitative estimate of drug-likeness (QED) is 0.319. The van der Waals surface area contributed by atoms with Gasteiger partial charge in [-0.1, -0.05) is 12.1 Å². The lowest BCUT2D eigenvalue weighted by Crippen LogP contribution is -2.42. The number of likely N-dealkylation sites (tertiary alicyclic amines) is 2. The van der Waals surface area contributed by atoms with Crippen LogP contribution in [0.1, 0.15) is 58.5 Å². The summed E-state index contributed by atoms with van der Waals surface area (Å²) in [6.45, 7) is 3.67. The van der Waals surface area contributed by atoms with Gasteiger partial charge in [-0.05, 0) is 73.8 Å². The maximum absolute atomic E-state index is 13.9. The number of hydrogen-bond donors (Lipinski definition) is 0. The molecule has 1 aromatic heterocycles. The molecule has 2 fully saturated rings. The van der Waals surface area contributed by atoms with E-state index in [-0.39, 0.29) is 29.2 Å². The first-order valence-electron chi connectivity index (χ1n) is 14.1. The summed E-state index contributed by atoms with van der Waals surface area (Å²) in [5, 5.41) is 0. The second kappa shape index (κ2) is 13.2. The Morgan fingerprint density at radius 3 is 2.29 bits per heavy atom. The zero-order valence-corrected chi connectivity index (χ0v) is 23.2. The van der Waals surface area contributed by atoms with E-state index in [2.05, 4.69) is 22.0 Å². The molecule has 2 aliphatic heterocycles. The number of hydrogen-bond acceptors (Lipinski definition) is 6. The molecule has 0 saturated carbocycles. The second-order valence-electron chi connectivity index (χ2n) is 10.8. The Morgan fingerprint density at radius 1 is 0.927 bits per heavy atom. The lowest BCUT2D eigenvalue weighted by Gasteiger charge is -2.32. The fourth-order valence-corrected chi connectivity index (χ4v) is 5.49. The molecule has 0 N–H and O–H groups in total. The number of amides is 1. The minimum Gasteiger partial charge on any atom is -0.497 e. The van der Waals surface area contributed by atoms with Crippen LogP contribution in [-0.4, -0.2) is 65.9 Å². The minimum absolute atomic E-state index is 0.0113. The van der Waals surface area contributed by atoms with Gasteiger partial charge < -0.3 is 14.4 Å². The lowest BCUT2D eigenvalue weighted by atomic mass is 9.90. The summed E-state index contributed by atoms with van der Waals surface area (Å²) in [7, 11) is 1.66. The molecule has 9 heteroatoms. The van der Waals surface area contributed by atoms with E-state index in [4.69, 9.17) is 9.47 Å². The van der Waals surface area contributed by atoms with E-state index in [1.165, 1.54) is 17.8 Å². The molecule has 7 nitrogen and oxygen atoms in total. The molecule has 2 aromatic carbocycles. The summed E-state index contributed by atoms with van der Waals surface area (Å²) in [5.74, 6) is -0.350. The van der Waals surface area contributed by atoms with Gasteiger partial charge >= 0.3 is 0 Å². The average molecular weight is 564 g/mol. The van der Waals surface area contributed by atoms with E-state index in [1.807, 2.05) is 12.1 Å². The predicted octanol–water partition coefficient (Wildman–Crippen LogP) is 5.54. The van der Waals surface area contributed by atoms with Gasteiger partial charge in [0.25, 0.3) is 5.91 Å². The predicted molar refractivity (Wildman–Crippen MR) is 150 cm³/mol. The van der Waals surface area contributed by atoms with E-state index >= 15 is 0 Å². The molecule has 2 aliphatic rings. The SMILES string of the molecule is COc1ccc(CN2CCC(CC(=O)c3ccc(C(=O)N4CCC(Oc5ccc(F)cc5F)CC4)nc3)CC2)cc1. The number of rotatable bonds is 9. The number of benzene rings is 2. The van der Waals surface area contributed by atoms with Crippen molar-refractivity contribution in [2.24, 2.45) is 5.92 Å². The highest BCUT2D eigenvalue weighted by molar-refractivity contribution is 5.97. The molecule has 216 valence electrons. The van der Waals surface area contributed by atoms with Crippen LogP contribution < -0.4 is 9.47 Å². The van der Waals surface area contributed by atoms with Crippen molar-refractivity contribution in [1.82, 2.24) is 14.8 Å². The van der Waals surface area contributed by atoms with Crippen LogP contribution in [0.4, 0.5) is 8.78 Å². The molecular formula is C32H35F2N3O4. The van der Waals surface area contributed by atoms with Crippen molar-refractivity contribution in [1.29, 1.82) is 0 Å². The number of pyridine rings is 1. The summed E-state index contributed by atoms with van der Waals surface area (Å²) < 4.78 is 37.9. The molecule has 41 heavy (non-hydrogen) atoms. The summed E-state index contributed by atoms with van der Waals surface area (Å²) >= 11 is 0. The third-order valence-corrected chi connectivity index (χ3v) is 7.97. The van der Waals surface area contributed by atoms with Gasteiger partial charge in [-0.2, -0.15) is 0 Å². The van der Waals surface area contributed by atoms with Crippen molar-refractivity contribution >= 4 is 11.7 Å². The highest BCUT2D eigenvalue weighted by Crippen LogP contribution is 2.25. The highest BCUT2D eigenvalue weighted by atomic mass is 19.1. The number of Topliss-reactive ketones (excluding diaryl/α,β-unsaturated/α-hetero) is 1. The number of halogens is 2. The van der Waals surface area contributed by atoms with Crippen LogP contribution in [0.5, 0.6) is 11.5 Å². The summed E-state index contributed by atoms with van der Waals surface area (Å²) in [5.41, 5.74) is 2.06. The summed E-state index contributed by atoms with van der Waals surface area (Å²) in [6.07, 6.45) is 4.71. The average Bonchev–Trinajstić information content (AvgIpc) is 3.00. The van der Waals surface area contributed by atoms with Crippen molar-refractivity contribution in [2.45, 2.75) is 44.8 Å². The molecule has 2 saturated heterocycles. The van der Waals surface area contributed by atoms with E-state index in [9.17, 15) is 18.4 Å². The number of methoxy groups -OCH3 is 1. The van der Waals surface area contributed by atoms with E-state index < -0.39 is 11.6 Å².